The van der Waals surface area contributed by atoms with Gasteiger partial charge >= 0.3 is 0 Å². The summed E-state index contributed by atoms with van der Waals surface area (Å²) in [5.74, 6) is 0.843. The third-order valence-corrected chi connectivity index (χ3v) is 7.57. The maximum atomic E-state index is 4.66. The number of rotatable bonds is 6. The lowest BCUT2D eigenvalue weighted by atomic mass is 9.68. The van der Waals surface area contributed by atoms with E-state index in [0.29, 0.717) is 16.7 Å². The van der Waals surface area contributed by atoms with Gasteiger partial charge in [-0.1, -0.05) is 45.9 Å². The van der Waals surface area contributed by atoms with Crippen molar-refractivity contribution in [3.63, 3.8) is 0 Å². The van der Waals surface area contributed by atoms with E-state index in [2.05, 4.69) is 50.3 Å². The molecule has 0 radical (unpaired) electrons. The van der Waals surface area contributed by atoms with Crippen LogP contribution in [0.25, 0.3) is 0 Å². The first-order valence-corrected chi connectivity index (χ1v) is 10.0. The molecule has 2 rings (SSSR count). The van der Waals surface area contributed by atoms with Crippen LogP contribution in [-0.2, 0) is 0 Å². The summed E-state index contributed by atoms with van der Waals surface area (Å²) in [6.07, 6.45) is 5.27. The summed E-state index contributed by atoms with van der Waals surface area (Å²) in [4.78, 5) is 4.66. The summed E-state index contributed by atoms with van der Waals surface area (Å²) in [6, 6.07) is 0.646. The molecule has 0 saturated heterocycles. The summed E-state index contributed by atoms with van der Waals surface area (Å²) in [5.41, 5.74) is 1.62. The minimum absolute atomic E-state index is 0.467. The fourth-order valence-corrected chi connectivity index (χ4v) is 5.71. The Hall–Kier alpha value is -0.0600. The number of aryl methyl sites for hydroxylation is 1. The Bertz CT molecular complexity index is 442. The van der Waals surface area contributed by atoms with Crippen molar-refractivity contribution in [2.75, 3.05) is 6.54 Å². The van der Waals surface area contributed by atoms with Gasteiger partial charge in [-0.15, -0.1) is 11.3 Å². The first-order chi connectivity index (χ1) is 9.96. The van der Waals surface area contributed by atoms with Gasteiger partial charge in [0.05, 0.1) is 0 Å². The Kier molecular flexibility index (Phi) is 6.15. The second-order valence-electron chi connectivity index (χ2n) is 6.93. The molecule has 0 bridgehead atoms. The molecule has 1 heterocycles. The van der Waals surface area contributed by atoms with Crippen LogP contribution in [0.5, 0.6) is 0 Å². The lowest BCUT2D eigenvalue weighted by Gasteiger charge is -2.43. The molecule has 1 saturated carbocycles. The molecule has 3 atom stereocenters. The number of thiazole rings is 1. The molecule has 0 aromatic carbocycles. The molecule has 1 fully saturated rings. The van der Waals surface area contributed by atoms with E-state index in [1.54, 1.807) is 11.3 Å². The van der Waals surface area contributed by atoms with Gasteiger partial charge in [0.15, 0.2) is 0 Å². The fourth-order valence-electron chi connectivity index (χ4n) is 3.27. The molecular weight excluding hydrogens is 296 g/mol. The zero-order chi connectivity index (χ0) is 15.5. The van der Waals surface area contributed by atoms with Crippen molar-refractivity contribution in [1.82, 2.24) is 10.3 Å². The zero-order valence-corrected chi connectivity index (χ0v) is 15.7. The Labute approximate surface area is 138 Å². The van der Waals surface area contributed by atoms with E-state index in [1.165, 1.54) is 30.0 Å². The van der Waals surface area contributed by atoms with Crippen LogP contribution < -0.4 is 5.32 Å². The van der Waals surface area contributed by atoms with Crippen molar-refractivity contribution in [2.45, 2.75) is 75.9 Å². The Morgan fingerprint density at radius 1 is 1.38 bits per heavy atom. The third kappa shape index (κ3) is 4.46. The number of aromatic nitrogens is 1. The SMILES string of the molecule is CCNC1CCC(C(C)(C)CC)CC1Sc1nc(C)cs1. The van der Waals surface area contributed by atoms with E-state index in [4.69, 9.17) is 0 Å². The molecule has 1 aromatic rings. The number of nitrogens with one attached hydrogen (secondary N) is 1. The van der Waals surface area contributed by atoms with Gasteiger partial charge in [-0.3, -0.25) is 0 Å². The van der Waals surface area contributed by atoms with Gasteiger partial charge in [-0.2, -0.15) is 0 Å². The second kappa shape index (κ2) is 7.47. The second-order valence-corrected chi connectivity index (χ2v) is 9.27. The smallest absolute Gasteiger partial charge is 0.150 e. The Morgan fingerprint density at radius 2 is 2.14 bits per heavy atom. The largest absolute Gasteiger partial charge is 0.313 e. The highest BCUT2D eigenvalue weighted by Gasteiger charge is 2.37. The first-order valence-electron chi connectivity index (χ1n) is 8.28. The molecule has 0 aliphatic heterocycles. The summed E-state index contributed by atoms with van der Waals surface area (Å²) in [6.45, 7) is 12.6. The molecule has 2 nitrogen and oxygen atoms in total. The van der Waals surface area contributed by atoms with E-state index < -0.39 is 0 Å². The van der Waals surface area contributed by atoms with E-state index in [-0.39, 0.29) is 0 Å². The van der Waals surface area contributed by atoms with Gasteiger partial charge in [0.1, 0.15) is 4.34 Å². The van der Waals surface area contributed by atoms with Gasteiger partial charge in [-0.25, -0.2) is 4.98 Å². The average Bonchev–Trinajstić information content (AvgIpc) is 2.86. The van der Waals surface area contributed by atoms with E-state index in [9.17, 15) is 0 Å². The molecule has 1 aliphatic rings. The maximum absolute atomic E-state index is 4.66. The summed E-state index contributed by atoms with van der Waals surface area (Å²) in [7, 11) is 0. The number of hydrogen-bond donors (Lipinski definition) is 1. The molecule has 3 unspecified atom stereocenters. The van der Waals surface area contributed by atoms with E-state index >= 15 is 0 Å². The molecule has 0 spiro atoms. The average molecular weight is 327 g/mol. The minimum Gasteiger partial charge on any atom is -0.313 e. The standard InChI is InChI=1S/C17H30N2S2/c1-6-17(4,5)13-8-9-14(18-7-2)15(10-13)21-16-19-12(3)11-20-16/h11,13-15,18H,6-10H2,1-5H3. The molecule has 1 aliphatic carbocycles. The molecule has 0 amide bonds. The van der Waals surface area contributed by atoms with Crippen LogP contribution in [0.2, 0.25) is 0 Å². The molecule has 1 aromatic heterocycles. The molecule has 4 heteroatoms. The molecule has 21 heavy (non-hydrogen) atoms. The highest BCUT2D eigenvalue weighted by molar-refractivity contribution is 8.01. The predicted octanol–water partition coefficient (Wildman–Crippen LogP) is 5.13. The minimum atomic E-state index is 0.467. The van der Waals surface area contributed by atoms with Crippen molar-refractivity contribution in [2.24, 2.45) is 11.3 Å². The summed E-state index contributed by atoms with van der Waals surface area (Å²) in [5, 5.41) is 6.54. The molecular formula is C17H30N2S2. The van der Waals surface area contributed by atoms with E-state index in [0.717, 1.165) is 18.2 Å². The van der Waals surface area contributed by atoms with Gasteiger partial charge in [0.25, 0.3) is 0 Å². The van der Waals surface area contributed by atoms with Crippen molar-refractivity contribution < 1.29 is 0 Å². The van der Waals surface area contributed by atoms with Gasteiger partial charge < -0.3 is 5.32 Å². The van der Waals surface area contributed by atoms with Crippen LogP contribution >= 0.6 is 23.1 Å². The quantitative estimate of drug-likeness (QED) is 0.784. The zero-order valence-electron chi connectivity index (χ0n) is 14.1. The lowest BCUT2D eigenvalue weighted by molar-refractivity contribution is 0.141. The highest BCUT2D eigenvalue weighted by atomic mass is 32.2. The predicted molar refractivity (Wildman–Crippen MR) is 95.4 cm³/mol. The monoisotopic (exact) mass is 326 g/mol. The number of hydrogen-bond acceptors (Lipinski definition) is 4. The fraction of sp³-hybridized carbons (Fsp3) is 0.824. The number of nitrogens with zero attached hydrogens (tertiary/aromatic N) is 1. The summed E-state index contributed by atoms with van der Waals surface area (Å²) < 4.78 is 1.25. The van der Waals surface area contributed by atoms with E-state index in [1.807, 2.05) is 11.8 Å². The highest BCUT2D eigenvalue weighted by Crippen LogP contribution is 2.45. The lowest BCUT2D eigenvalue weighted by Crippen LogP contribution is -2.45. The van der Waals surface area contributed by atoms with Crippen LogP contribution in [0, 0.1) is 18.3 Å². The first kappa shape index (κ1) is 17.3. The number of thioether (sulfide) groups is 1. The molecule has 120 valence electrons. The van der Waals surface area contributed by atoms with Crippen LogP contribution in [0.1, 0.15) is 59.1 Å². The Balaban J connectivity index is 2.07. The summed E-state index contributed by atoms with van der Waals surface area (Å²) >= 11 is 3.81. The van der Waals surface area contributed by atoms with Gasteiger partial charge in [0.2, 0.25) is 0 Å². The van der Waals surface area contributed by atoms with Crippen molar-refractivity contribution in [3.05, 3.63) is 11.1 Å². The van der Waals surface area contributed by atoms with Crippen molar-refractivity contribution in [3.8, 4) is 0 Å². The van der Waals surface area contributed by atoms with Crippen LogP contribution in [0.3, 0.4) is 0 Å². The maximum Gasteiger partial charge on any atom is 0.150 e. The Morgan fingerprint density at radius 3 is 2.71 bits per heavy atom. The van der Waals surface area contributed by atoms with Crippen LogP contribution in [0.15, 0.2) is 9.72 Å². The van der Waals surface area contributed by atoms with Crippen LogP contribution in [-0.4, -0.2) is 22.8 Å². The van der Waals surface area contributed by atoms with Gasteiger partial charge in [0, 0.05) is 22.4 Å². The molecule has 1 N–H and O–H groups in total. The van der Waals surface area contributed by atoms with Crippen molar-refractivity contribution >= 4 is 23.1 Å². The van der Waals surface area contributed by atoms with Gasteiger partial charge in [-0.05, 0) is 44.1 Å². The third-order valence-electron chi connectivity index (χ3n) is 5.12. The normalized spacial score (nSPS) is 27.0. The van der Waals surface area contributed by atoms with Crippen LogP contribution in [0.4, 0.5) is 0 Å². The topological polar surface area (TPSA) is 24.9 Å². The van der Waals surface area contributed by atoms with Crippen molar-refractivity contribution in [1.29, 1.82) is 0 Å².